The maximum atomic E-state index is 5.82. The highest BCUT2D eigenvalue weighted by atomic mass is 16.5. The molecule has 4 aromatic rings. The first-order chi connectivity index (χ1) is 14.3. The first-order valence-electron chi connectivity index (χ1n) is 9.41. The summed E-state index contributed by atoms with van der Waals surface area (Å²) in [5.41, 5.74) is 2.79. The van der Waals surface area contributed by atoms with E-state index in [-0.39, 0.29) is 0 Å². The molecule has 142 valence electrons. The summed E-state index contributed by atoms with van der Waals surface area (Å²) in [6.07, 6.45) is 0. The van der Waals surface area contributed by atoms with Gasteiger partial charge in [-0.15, -0.1) is 0 Å². The first kappa shape index (κ1) is 17.2. The van der Waals surface area contributed by atoms with E-state index < -0.39 is 0 Å². The van der Waals surface area contributed by atoms with E-state index >= 15 is 0 Å². The van der Waals surface area contributed by atoms with E-state index in [0.717, 1.165) is 47.1 Å². The molecule has 0 radical (unpaired) electrons. The molecule has 1 N–H and O–H groups in total. The molecule has 29 heavy (non-hydrogen) atoms. The standard InChI is InChI=1S/C23H18N4O2/c1-2-4-19(5-3-1)28-20-12-10-17(11-13-20)22-26-23(29-27-22)18-8-6-16(7-9-18)21-24-14-15-25-21/h1-13H,14-15H2,(H,24,25). The molecule has 5 rings (SSSR count). The van der Waals surface area contributed by atoms with Gasteiger partial charge in [0.15, 0.2) is 0 Å². The number of nitrogens with zero attached hydrogens (tertiary/aromatic N) is 3. The van der Waals surface area contributed by atoms with Gasteiger partial charge in [-0.3, -0.25) is 4.99 Å². The molecule has 1 aliphatic rings. The zero-order valence-electron chi connectivity index (χ0n) is 15.6. The van der Waals surface area contributed by atoms with E-state index in [1.807, 2.05) is 78.9 Å². The lowest BCUT2D eigenvalue weighted by Gasteiger charge is -2.05. The lowest BCUT2D eigenvalue weighted by Crippen LogP contribution is -2.19. The molecule has 0 saturated carbocycles. The molecule has 3 aromatic carbocycles. The van der Waals surface area contributed by atoms with Crippen LogP contribution in [0.2, 0.25) is 0 Å². The van der Waals surface area contributed by atoms with Gasteiger partial charge in [0.2, 0.25) is 5.82 Å². The Morgan fingerprint density at radius 2 is 1.45 bits per heavy atom. The predicted octanol–water partition coefficient (Wildman–Crippen LogP) is 4.55. The zero-order valence-corrected chi connectivity index (χ0v) is 15.6. The summed E-state index contributed by atoms with van der Waals surface area (Å²) in [6, 6.07) is 25.2. The third-order valence-electron chi connectivity index (χ3n) is 4.60. The third kappa shape index (κ3) is 3.73. The maximum absolute atomic E-state index is 5.82. The second-order valence-corrected chi connectivity index (χ2v) is 6.60. The molecule has 0 unspecified atom stereocenters. The largest absolute Gasteiger partial charge is 0.457 e. The second-order valence-electron chi connectivity index (χ2n) is 6.60. The number of aromatic nitrogens is 2. The fraction of sp³-hybridized carbons (Fsp3) is 0.0870. The number of benzene rings is 3. The topological polar surface area (TPSA) is 72.5 Å². The summed E-state index contributed by atoms with van der Waals surface area (Å²) < 4.78 is 11.3. The summed E-state index contributed by atoms with van der Waals surface area (Å²) in [6.45, 7) is 1.71. The van der Waals surface area contributed by atoms with Crippen molar-refractivity contribution in [2.24, 2.45) is 4.99 Å². The van der Waals surface area contributed by atoms with Crippen molar-refractivity contribution in [1.29, 1.82) is 0 Å². The number of ether oxygens (including phenoxy) is 1. The molecule has 0 aliphatic carbocycles. The van der Waals surface area contributed by atoms with E-state index in [4.69, 9.17) is 9.26 Å². The van der Waals surface area contributed by atoms with Crippen LogP contribution in [0, 0.1) is 0 Å². The average Bonchev–Trinajstić information content (AvgIpc) is 3.48. The molecule has 0 fully saturated rings. The fourth-order valence-electron chi connectivity index (χ4n) is 3.12. The number of amidine groups is 1. The number of nitrogens with one attached hydrogen (secondary N) is 1. The monoisotopic (exact) mass is 382 g/mol. The van der Waals surface area contributed by atoms with Crippen LogP contribution in [0.4, 0.5) is 0 Å². The number of hydrogen-bond donors (Lipinski definition) is 1. The van der Waals surface area contributed by atoms with Crippen LogP contribution in [-0.2, 0) is 0 Å². The Kier molecular flexibility index (Phi) is 4.50. The van der Waals surface area contributed by atoms with E-state index in [0.29, 0.717) is 11.7 Å². The highest BCUT2D eigenvalue weighted by Gasteiger charge is 2.13. The Morgan fingerprint density at radius 1 is 0.759 bits per heavy atom. The molecule has 1 aliphatic heterocycles. The van der Waals surface area contributed by atoms with Crippen molar-refractivity contribution >= 4 is 5.84 Å². The van der Waals surface area contributed by atoms with Crippen molar-refractivity contribution < 1.29 is 9.26 Å². The van der Waals surface area contributed by atoms with Crippen LogP contribution in [0.15, 0.2) is 88.4 Å². The summed E-state index contributed by atoms with van der Waals surface area (Å²) in [4.78, 5) is 8.96. The zero-order chi connectivity index (χ0) is 19.5. The summed E-state index contributed by atoms with van der Waals surface area (Å²) in [7, 11) is 0. The highest BCUT2D eigenvalue weighted by molar-refractivity contribution is 6.00. The van der Waals surface area contributed by atoms with Crippen molar-refractivity contribution in [2.75, 3.05) is 13.1 Å². The minimum atomic E-state index is 0.484. The molecular formula is C23H18N4O2. The number of para-hydroxylation sites is 1. The van der Waals surface area contributed by atoms with Gasteiger partial charge in [0, 0.05) is 23.2 Å². The van der Waals surface area contributed by atoms with Crippen LogP contribution in [0.1, 0.15) is 5.56 Å². The van der Waals surface area contributed by atoms with Crippen LogP contribution in [0.5, 0.6) is 11.5 Å². The van der Waals surface area contributed by atoms with Crippen molar-refractivity contribution in [2.45, 2.75) is 0 Å². The fourth-order valence-corrected chi connectivity index (χ4v) is 3.12. The first-order valence-corrected chi connectivity index (χ1v) is 9.41. The van der Waals surface area contributed by atoms with Gasteiger partial charge in [-0.1, -0.05) is 35.5 Å². The van der Waals surface area contributed by atoms with Crippen LogP contribution in [0.3, 0.4) is 0 Å². The molecule has 0 spiro atoms. The van der Waals surface area contributed by atoms with Crippen molar-refractivity contribution in [1.82, 2.24) is 15.5 Å². The minimum absolute atomic E-state index is 0.484. The number of aliphatic imine (C=N–C) groups is 1. The van der Waals surface area contributed by atoms with E-state index in [1.54, 1.807) is 0 Å². The van der Waals surface area contributed by atoms with Gasteiger partial charge in [-0.05, 0) is 48.5 Å². The molecule has 6 heteroatoms. The summed E-state index contributed by atoms with van der Waals surface area (Å²) in [5, 5.41) is 7.38. The van der Waals surface area contributed by atoms with Gasteiger partial charge in [-0.25, -0.2) is 0 Å². The van der Waals surface area contributed by atoms with Crippen LogP contribution in [0.25, 0.3) is 22.8 Å². The average molecular weight is 382 g/mol. The normalized spacial score (nSPS) is 13.0. The van der Waals surface area contributed by atoms with Crippen LogP contribution >= 0.6 is 0 Å². The Morgan fingerprint density at radius 3 is 2.17 bits per heavy atom. The van der Waals surface area contributed by atoms with Gasteiger partial charge in [0.05, 0.1) is 6.54 Å². The smallest absolute Gasteiger partial charge is 0.258 e. The lowest BCUT2D eigenvalue weighted by molar-refractivity contribution is 0.432. The predicted molar refractivity (Wildman–Crippen MR) is 111 cm³/mol. The number of hydrogen-bond acceptors (Lipinski definition) is 6. The van der Waals surface area contributed by atoms with Crippen LogP contribution in [-0.4, -0.2) is 29.1 Å². The van der Waals surface area contributed by atoms with Crippen molar-refractivity contribution in [3.8, 4) is 34.3 Å². The third-order valence-corrected chi connectivity index (χ3v) is 4.60. The van der Waals surface area contributed by atoms with Gasteiger partial charge < -0.3 is 14.6 Å². The minimum Gasteiger partial charge on any atom is -0.457 e. The second kappa shape index (κ2) is 7.59. The molecule has 1 aromatic heterocycles. The van der Waals surface area contributed by atoms with Crippen molar-refractivity contribution in [3.05, 3.63) is 84.4 Å². The maximum Gasteiger partial charge on any atom is 0.258 e. The molecular weight excluding hydrogens is 364 g/mol. The van der Waals surface area contributed by atoms with E-state index in [1.165, 1.54) is 0 Å². The molecule has 0 atom stereocenters. The van der Waals surface area contributed by atoms with Gasteiger partial charge >= 0.3 is 0 Å². The molecule has 0 bridgehead atoms. The van der Waals surface area contributed by atoms with Crippen LogP contribution < -0.4 is 10.1 Å². The van der Waals surface area contributed by atoms with E-state index in [9.17, 15) is 0 Å². The Balaban J connectivity index is 1.32. The molecule has 2 heterocycles. The Hall–Kier alpha value is -3.93. The number of rotatable bonds is 5. The van der Waals surface area contributed by atoms with Gasteiger partial charge in [-0.2, -0.15) is 4.98 Å². The summed E-state index contributed by atoms with van der Waals surface area (Å²) in [5.74, 6) is 3.50. The highest BCUT2D eigenvalue weighted by Crippen LogP contribution is 2.26. The molecule has 0 saturated heterocycles. The Bertz CT molecular complexity index is 1130. The summed E-state index contributed by atoms with van der Waals surface area (Å²) >= 11 is 0. The van der Waals surface area contributed by atoms with Gasteiger partial charge in [0.1, 0.15) is 17.3 Å². The SMILES string of the molecule is c1ccc(Oc2ccc(-c3noc(-c4ccc(C5=NCCN5)cc4)n3)cc2)cc1. The molecule has 6 nitrogen and oxygen atoms in total. The lowest BCUT2D eigenvalue weighted by atomic mass is 10.1. The molecule has 0 amide bonds. The van der Waals surface area contributed by atoms with Crippen molar-refractivity contribution in [3.63, 3.8) is 0 Å². The quantitative estimate of drug-likeness (QED) is 0.548. The Labute approximate surface area is 167 Å². The van der Waals surface area contributed by atoms with Gasteiger partial charge in [0.25, 0.3) is 5.89 Å². The van der Waals surface area contributed by atoms with E-state index in [2.05, 4.69) is 20.4 Å².